The summed E-state index contributed by atoms with van der Waals surface area (Å²) in [6.45, 7) is 9.00. The van der Waals surface area contributed by atoms with Crippen LogP contribution in [-0.4, -0.2) is 5.25 Å². The number of hydrogen-bond acceptors (Lipinski definition) is 1. The molecule has 0 saturated carbocycles. The molecular formula is C9H20S. The van der Waals surface area contributed by atoms with Crippen LogP contribution in [-0.2, 0) is 0 Å². The lowest BCUT2D eigenvalue weighted by molar-refractivity contribution is 0.323. The zero-order valence-electron chi connectivity index (χ0n) is 7.65. The highest BCUT2D eigenvalue weighted by molar-refractivity contribution is 7.81. The summed E-state index contributed by atoms with van der Waals surface area (Å²) in [6.07, 6.45) is 3.93. The summed E-state index contributed by atoms with van der Waals surface area (Å²) in [5.41, 5.74) is 0.416. The van der Waals surface area contributed by atoms with E-state index in [1.165, 1.54) is 19.3 Å². The summed E-state index contributed by atoms with van der Waals surface area (Å²) in [5, 5.41) is 0.513. The minimum absolute atomic E-state index is 0.416. The molecule has 0 nitrogen and oxygen atoms in total. The molecule has 62 valence electrons. The molecule has 1 heteroatoms. The zero-order valence-corrected chi connectivity index (χ0v) is 8.54. The minimum atomic E-state index is 0.416. The maximum Gasteiger partial charge on any atom is 0.00396 e. The molecule has 0 aliphatic heterocycles. The van der Waals surface area contributed by atoms with Crippen molar-refractivity contribution in [3.8, 4) is 0 Å². The SMILES string of the molecule is CCCCC(C)(C)C(C)S. The Morgan fingerprint density at radius 3 is 2.20 bits per heavy atom. The fourth-order valence-electron chi connectivity index (χ4n) is 0.841. The van der Waals surface area contributed by atoms with Crippen molar-refractivity contribution in [2.75, 3.05) is 0 Å². The monoisotopic (exact) mass is 160 g/mol. The summed E-state index contributed by atoms with van der Waals surface area (Å²) in [5.74, 6) is 0. The van der Waals surface area contributed by atoms with E-state index in [4.69, 9.17) is 0 Å². The molecule has 0 bridgehead atoms. The Morgan fingerprint density at radius 1 is 1.40 bits per heavy atom. The zero-order chi connectivity index (χ0) is 8.20. The Kier molecular flexibility index (Phi) is 4.42. The van der Waals surface area contributed by atoms with Crippen LogP contribution in [0.25, 0.3) is 0 Å². The van der Waals surface area contributed by atoms with E-state index >= 15 is 0 Å². The Morgan fingerprint density at radius 2 is 1.90 bits per heavy atom. The van der Waals surface area contributed by atoms with E-state index in [0.717, 1.165) is 0 Å². The predicted octanol–water partition coefficient (Wildman–Crippen LogP) is 3.52. The molecule has 0 radical (unpaired) electrons. The molecule has 10 heavy (non-hydrogen) atoms. The molecular weight excluding hydrogens is 140 g/mol. The van der Waals surface area contributed by atoms with Crippen LogP contribution >= 0.6 is 12.6 Å². The topological polar surface area (TPSA) is 0 Å². The lowest BCUT2D eigenvalue weighted by Crippen LogP contribution is -2.21. The number of hydrogen-bond donors (Lipinski definition) is 1. The second kappa shape index (κ2) is 4.27. The molecule has 0 aliphatic carbocycles. The predicted molar refractivity (Wildman–Crippen MR) is 51.8 cm³/mol. The van der Waals surface area contributed by atoms with Gasteiger partial charge in [0.25, 0.3) is 0 Å². The van der Waals surface area contributed by atoms with Gasteiger partial charge < -0.3 is 0 Å². The average Bonchev–Trinajstić information content (AvgIpc) is 1.84. The molecule has 0 amide bonds. The van der Waals surface area contributed by atoms with Gasteiger partial charge in [0, 0.05) is 5.25 Å². The third-order valence-electron chi connectivity index (χ3n) is 2.31. The van der Waals surface area contributed by atoms with E-state index in [9.17, 15) is 0 Å². The Balaban J connectivity index is 3.63. The fourth-order valence-corrected chi connectivity index (χ4v) is 0.970. The van der Waals surface area contributed by atoms with Gasteiger partial charge in [-0.25, -0.2) is 0 Å². The van der Waals surface area contributed by atoms with Crippen LogP contribution < -0.4 is 0 Å². The van der Waals surface area contributed by atoms with Crippen molar-refractivity contribution in [3.05, 3.63) is 0 Å². The van der Waals surface area contributed by atoms with Crippen LogP contribution in [0, 0.1) is 5.41 Å². The van der Waals surface area contributed by atoms with Gasteiger partial charge in [0.05, 0.1) is 0 Å². The van der Waals surface area contributed by atoms with Crippen molar-refractivity contribution in [2.45, 2.75) is 52.2 Å². The van der Waals surface area contributed by atoms with Gasteiger partial charge >= 0.3 is 0 Å². The maximum atomic E-state index is 4.45. The van der Waals surface area contributed by atoms with Gasteiger partial charge in [-0.2, -0.15) is 12.6 Å². The summed E-state index contributed by atoms with van der Waals surface area (Å²) in [6, 6.07) is 0. The highest BCUT2D eigenvalue weighted by atomic mass is 32.1. The summed E-state index contributed by atoms with van der Waals surface area (Å²) in [4.78, 5) is 0. The van der Waals surface area contributed by atoms with E-state index in [2.05, 4.69) is 40.3 Å². The third kappa shape index (κ3) is 3.50. The number of unbranched alkanes of at least 4 members (excludes halogenated alkanes) is 1. The highest BCUT2D eigenvalue weighted by Gasteiger charge is 2.21. The summed E-state index contributed by atoms with van der Waals surface area (Å²) in [7, 11) is 0. The normalized spacial score (nSPS) is 15.3. The lowest BCUT2D eigenvalue weighted by atomic mass is 9.84. The van der Waals surface area contributed by atoms with Gasteiger partial charge in [-0.3, -0.25) is 0 Å². The van der Waals surface area contributed by atoms with Gasteiger partial charge in [-0.1, -0.05) is 40.5 Å². The molecule has 1 unspecified atom stereocenters. The maximum absolute atomic E-state index is 4.45. The molecule has 0 spiro atoms. The Labute approximate surface area is 70.8 Å². The van der Waals surface area contributed by atoms with E-state index in [-0.39, 0.29) is 0 Å². The Bertz CT molecular complexity index is 84.7. The van der Waals surface area contributed by atoms with Crippen molar-refractivity contribution in [1.82, 2.24) is 0 Å². The van der Waals surface area contributed by atoms with Crippen LogP contribution in [0.3, 0.4) is 0 Å². The molecule has 0 N–H and O–H groups in total. The van der Waals surface area contributed by atoms with Crippen molar-refractivity contribution >= 4 is 12.6 Å². The second-order valence-electron chi connectivity index (χ2n) is 3.77. The molecule has 1 atom stereocenters. The molecule has 0 aromatic rings. The second-order valence-corrected chi connectivity index (χ2v) is 4.54. The van der Waals surface area contributed by atoms with Crippen molar-refractivity contribution in [2.24, 2.45) is 5.41 Å². The van der Waals surface area contributed by atoms with E-state index < -0.39 is 0 Å². The van der Waals surface area contributed by atoms with Crippen molar-refractivity contribution in [3.63, 3.8) is 0 Å². The van der Waals surface area contributed by atoms with Crippen LogP contribution in [0.5, 0.6) is 0 Å². The van der Waals surface area contributed by atoms with E-state index in [1.54, 1.807) is 0 Å². The van der Waals surface area contributed by atoms with Gasteiger partial charge in [0.15, 0.2) is 0 Å². The van der Waals surface area contributed by atoms with Crippen molar-refractivity contribution < 1.29 is 0 Å². The van der Waals surface area contributed by atoms with Crippen LogP contribution in [0.2, 0.25) is 0 Å². The average molecular weight is 160 g/mol. The molecule has 0 aliphatic rings. The molecule has 0 saturated heterocycles. The number of rotatable bonds is 4. The van der Waals surface area contributed by atoms with Crippen LogP contribution in [0.15, 0.2) is 0 Å². The first-order chi connectivity index (χ1) is 4.50. The Hall–Kier alpha value is 0.350. The molecule has 0 aromatic carbocycles. The summed E-state index contributed by atoms with van der Waals surface area (Å²) >= 11 is 4.45. The van der Waals surface area contributed by atoms with E-state index in [0.29, 0.717) is 10.7 Å². The molecule has 0 rings (SSSR count). The van der Waals surface area contributed by atoms with Gasteiger partial charge in [-0.05, 0) is 11.8 Å². The largest absolute Gasteiger partial charge is 0.176 e. The quantitative estimate of drug-likeness (QED) is 0.598. The summed E-state index contributed by atoms with van der Waals surface area (Å²) < 4.78 is 0. The van der Waals surface area contributed by atoms with Gasteiger partial charge in [0.1, 0.15) is 0 Å². The third-order valence-corrected chi connectivity index (χ3v) is 3.00. The van der Waals surface area contributed by atoms with Crippen LogP contribution in [0.4, 0.5) is 0 Å². The first-order valence-electron chi connectivity index (χ1n) is 4.18. The minimum Gasteiger partial charge on any atom is -0.176 e. The first-order valence-corrected chi connectivity index (χ1v) is 4.70. The van der Waals surface area contributed by atoms with Crippen molar-refractivity contribution in [1.29, 1.82) is 0 Å². The molecule has 0 heterocycles. The fraction of sp³-hybridized carbons (Fsp3) is 1.00. The molecule has 0 aromatic heterocycles. The van der Waals surface area contributed by atoms with Gasteiger partial charge in [0.2, 0.25) is 0 Å². The lowest BCUT2D eigenvalue weighted by Gasteiger charge is -2.28. The standard InChI is InChI=1S/C9H20S/c1-5-6-7-9(3,4)8(2)10/h8,10H,5-7H2,1-4H3. The first kappa shape index (κ1) is 10.3. The van der Waals surface area contributed by atoms with Gasteiger partial charge in [-0.15, -0.1) is 0 Å². The van der Waals surface area contributed by atoms with Crippen LogP contribution in [0.1, 0.15) is 47.0 Å². The highest BCUT2D eigenvalue weighted by Crippen LogP contribution is 2.30. The number of thiol groups is 1. The smallest absolute Gasteiger partial charge is 0.00396 e. The molecule has 0 fully saturated rings. The van der Waals surface area contributed by atoms with E-state index in [1.807, 2.05) is 0 Å².